The third-order valence-electron chi connectivity index (χ3n) is 1.39. The summed E-state index contributed by atoms with van der Waals surface area (Å²) >= 11 is 5.53. The number of nitrogens with zero attached hydrogens (tertiary/aromatic N) is 2. The van der Waals surface area contributed by atoms with E-state index in [0.717, 1.165) is 19.6 Å². The van der Waals surface area contributed by atoms with Crippen molar-refractivity contribution >= 4 is 11.6 Å². The molecule has 2 nitrogen and oxygen atoms in total. The quantitative estimate of drug-likeness (QED) is 0.570. The molecule has 0 spiro atoms. The molecule has 0 aliphatic rings. The van der Waals surface area contributed by atoms with E-state index < -0.39 is 0 Å². The van der Waals surface area contributed by atoms with E-state index in [-0.39, 0.29) is 0 Å². The molecule has 0 atom stereocenters. The van der Waals surface area contributed by atoms with Crippen molar-refractivity contribution in [3.63, 3.8) is 0 Å². The van der Waals surface area contributed by atoms with Crippen LogP contribution in [0.1, 0.15) is 13.3 Å². The van der Waals surface area contributed by atoms with Gasteiger partial charge in [0.1, 0.15) is 0 Å². The third kappa shape index (κ3) is 4.60. The molecule has 0 aromatic heterocycles. The highest BCUT2D eigenvalue weighted by molar-refractivity contribution is 6.18. The first-order valence-corrected chi connectivity index (χ1v) is 4.03. The number of alkyl halides is 1. The van der Waals surface area contributed by atoms with E-state index >= 15 is 0 Å². The summed E-state index contributed by atoms with van der Waals surface area (Å²) in [5.41, 5.74) is 0. The maximum atomic E-state index is 8.27. The standard InChI is InChI=1S/C7H13ClN2/c1-2-10(7-4-8)6-3-5-9/h2-4,6-7H2,1H3. The van der Waals surface area contributed by atoms with E-state index in [1.807, 2.05) is 0 Å². The molecule has 0 rings (SSSR count). The second-order valence-corrected chi connectivity index (χ2v) is 2.41. The summed E-state index contributed by atoms with van der Waals surface area (Å²) in [5, 5.41) is 8.27. The number of nitriles is 1. The molecular weight excluding hydrogens is 148 g/mol. The minimum atomic E-state index is 0.602. The van der Waals surface area contributed by atoms with Crippen molar-refractivity contribution in [2.45, 2.75) is 13.3 Å². The lowest BCUT2D eigenvalue weighted by molar-refractivity contribution is 0.313. The average molecular weight is 161 g/mol. The van der Waals surface area contributed by atoms with E-state index in [2.05, 4.69) is 17.9 Å². The van der Waals surface area contributed by atoms with Gasteiger partial charge in [-0.2, -0.15) is 5.26 Å². The van der Waals surface area contributed by atoms with Crippen LogP contribution in [0.3, 0.4) is 0 Å². The van der Waals surface area contributed by atoms with Gasteiger partial charge in [0.05, 0.1) is 6.07 Å². The minimum Gasteiger partial charge on any atom is -0.301 e. The van der Waals surface area contributed by atoms with Gasteiger partial charge < -0.3 is 4.90 Å². The first kappa shape index (κ1) is 9.74. The summed E-state index contributed by atoms with van der Waals surface area (Å²) in [6.45, 7) is 4.79. The maximum Gasteiger partial charge on any atom is 0.0635 e. The Labute approximate surface area is 67.4 Å². The highest BCUT2D eigenvalue weighted by Gasteiger charge is 1.98. The van der Waals surface area contributed by atoms with Crippen molar-refractivity contribution in [2.75, 3.05) is 25.5 Å². The molecule has 0 heterocycles. The Kier molecular flexibility index (Phi) is 6.68. The molecular formula is C7H13ClN2. The van der Waals surface area contributed by atoms with Crippen LogP contribution < -0.4 is 0 Å². The Morgan fingerprint density at radius 3 is 2.60 bits per heavy atom. The highest BCUT2D eigenvalue weighted by Crippen LogP contribution is 1.90. The Morgan fingerprint density at radius 1 is 1.50 bits per heavy atom. The molecule has 10 heavy (non-hydrogen) atoms. The van der Waals surface area contributed by atoms with Crippen LogP contribution >= 0.6 is 11.6 Å². The second kappa shape index (κ2) is 6.85. The van der Waals surface area contributed by atoms with Crippen molar-refractivity contribution in [1.82, 2.24) is 4.90 Å². The normalized spacial score (nSPS) is 9.80. The van der Waals surface area contributed by atoms with Crippen LogP contribution in [0.25, 0.3) is 0 Å². The molecule has 0 N–H and O–H groups in total. The van der Waals surface area contributed by atoms with Crippen LogP contribution in [0.5, 0.6) is 0 Å². The van der Waals surface area contributed by atoms with Crippen LogP contribution in [0.4, 0.5) is 0 Å². The fourth-order valence-electron chi connectivity index (χ4n) is 0.756. The Balaban J connectivity index is 3.32. The number of rotatable bonds is 5. The number of hydrogen-bond acceptors (Lipinski definition) is 2. The lowest BCUT2D eigenvalue weighted by Crippen LogP contribution is -2.26. The second-order valence-electron chi connectivity index (χ2n) is 2.03. The zero-order chi connectivity index (χ0) is 7.82. The van der Waals surface area contributed by atoms with E-state index in [1.165, 1.54) is 0 Å². The molecule has 0 amide bonds. The van der Waals surface area contributed by atoms with Gasteiger partial charge in [0.25, 0.3) is 0 Å². The van der Waals surface area contributed by atoms with Crippen molar-refractivity contribution in [1.29, 1.82) is 5.26 Å². The first-order valence-electron chi connectivity index (χ1n) is 3.50. The molecule has 0 unspecified atom stereocenters. The number of hydrogen-bond donors (Lipinski definition) is 0. The zero-order valence-electron chi connectivity index (χ0n) is 6.31. The summed E-state index contributed by atoms with van der Waals surface area (Å²) in [6, 6.07) is 2.11. The van der Waals surface area contributed by atoms with Gasteiger partial charge in [-0.3, -0.25) is 0 Å². The monoisotopic (exact) mass is 160 g/mol. The van der Waals surface area contributed by atoms with Crippen LogP contribution in [0.15, 0.2) is 0 Å². The molecule has 0 fully saturated rings. The van der Waals surface area contributed by atoms with Crippen LogP contribution in [-0.2, 0) is 0 Å². The van der Waals surface area contributed by atoms with Crippen LogP contribution in [-0.4, -0.2) is 30.4 Å². The maximum absolute atomic E-state index is 8.27. The molecule has 0 aromatic rings. The van der Waals surface area contributed by atoms with E-state index in [0.29, 0.717) is 12.3 Å². The van der Waals surface area contributed by atoms with Crippen molar-refractivity contribution < 1.29 is 0 Å². The predicted octanol–water partition coefficient (Wildman–Crippen LogP) is 1.46. The average Bonchev–Trinajstić information content (AvgIpc) is 1.98. The summed E-state index contributed by atoms with van der Waals surface area (Å²) in [4.78, 5) is 2.16. The molecule has 0 saturated carbocycles. The Hall–Kier alpha value is -0.260. The molecule has 0 saturated heterocycles. The number of halogens is 1. The van der Waals surface area contributed by atoms with Gasteiger partial charge in [-0.05, 0) is 6.54 Å². The van der Waals surface area contributed by atoms with Gasteiger partial charge in [-0.1, -0.05) is 6.92 Å². The summed E-state index contributed by atoms with van der Waals surface area (Å²) < 4.78 is 0. The van der Waals surface area contributed by atoms with Crippen molar-refractivity contribution in [3.8, 4) is 6.07 Å². The lowest BCUT2D eigenvalue weighted by Gasteiger charge is -2.16. The Bertz CT molecular complexity index is 109. The van der Waals surface area contributed by atoms with Gasteiger partial charge >= 0.3 is 0 Å². The van der Waals surface area contributed by atoms with Gasteiger partial charge in [0.15, 0.2) is 0 Å². The Morgan fingerprint density at radius 2 is 2.20 bits per heavy atom. The molecule has 0 aromatic carbocycles. The SMILES string of the molecule is CCN(CCCl)CCC#N. The van der Waals surface area contributed by atoms with E-state index in [1.54, 1.807) is 0 Å². The van der Waals surface area contributed by atoms with Crippen molar-refractivity contribution in [3.05, 3.63) is 0 Å². The molecule has 58 valence electrons. The zero-order valence-corrected chi connectivity index (χ0v) is 7.06. The largest absolute Gasteiger partial charge is 0.301 e. The smallest absolute Gasteiger partial charge is 0.0635 e. The van der Waals surface area contributed by atoms with Crippen molar-refractivity contribution in [2.24, 2.45) is 0 Å². The minimum absolute atomic E-state index is 0.602. The van der Waals surface area contributed by atoms with Gasteiger partial charge in [-0.15, -0.1) is 11.6 Å². The fraction of sp³-hybridized carbons (Fsp3) is 0.857. The van der Waals surface area contributed by atoms with Crippen LogP contribution in [0, 0.1) is 11.3 Å². The molecule has 3 heteroatoms. The molecule has 0 aliphatic heterocycles. The third-order valence-corrected chi connectivity index (χ3v) is 1.56. The summed E-state index contributed by atoms with van der Waals surface area (Å²) in [7, 11) is 0. The summed E-state index contributed by atoms with van der Waals surface area (Å²) in [5.74, 6) is 0.652. The van der Waals surface area contributed by atoms with Gasteiger partial charge in [0, 0.05) is 25.4 Å². The van der Waals surface area contributed by atoms with E-state index in [9.17, 15) is 0 Å². The lowest BCUT2D eigenvalue weighted by atomic mass is 10.4. The summed E-state index contributed by atoms with van der Waals surface area (Å²) in [6.07, 6.45) is 0.602. The fourth-order valence-corrected chi connectivity index (χ4v) is 0.995. The van der Waals surface area contributed by atoms with Crippen LogP contribution in [0.2, 0.25) is 0 Å². The van der Waals surface area contributed by atoms with Gasteiger partial charge in [0.2, 0.25) is 0 Å². The first-order chi connectivity index (χ1) is 4.85. The van der Waals surface area contributed by atoms with Gasteiger partial charge in [-0.25, -0.2) is 0 Å². The molecule has 0 aliphatic carbocycles. The predicted molar refractivity (Wildman–Crippen MR) is 43.1 cm³/mol. The molecule has 0 bridgehead atoms. The topological polar surface area (TPSA) is 27.0 Å². The van der Waals surface area contributed by atoms with E-state index in [4.69, 9.17) is 16.9 Å². The molecule has 0 radical (unpaired) electrons. The highest BCUT2D eigenvalue weighted by atomic mass is 35.5.